The molecule has 0 saturated heterocycles. The van der Waals surface area contributed by atoms with Crippen LogP contribution in [-0.2, 0) is 35.2 Å². The highest BCUT2D eigenvalue weighted by Gasteiger charge is 2.12. The summed E-state index contributed by atoms with van der Waals surface area (Å²) in [5.41, 5.74) is 0.675. The Morgan fingerprint density at radius 3 is 2.22 bits per heavy atom. The normalized spacial score (nSPS) is 10.9. The molecule has 0 amide bonds. The van der Waals surface area contributed by atoms with Crippen LogP contribution in [0.4, 0.5) is 10.5 Å². The van der Waals surface area contributed by atoms with Gasteiger partial charge < -0.3 is 50.9 Å². The zero-order valence-electron chi connectivity index (χ0n) is 25.9. The molecule has 16 heteroatoms. The van der Waals surface area contributed by atoms with Gasteiger partial charge in [-0.3, -0.25) is 10.3 Å². The number of aromatic nitrogens is 1. The maximum atomic E-state index is 11.9. The highest BCUT2D eigenvalue weighted by molar-refractivity contribution is 9.10. The maximum absolute atomic E-state index is 11.9. The van der Waals surface area contributed by atoms with Crippen molar-refractivity contribution < 1.29 is 54.9 Å². The Labute approximate surface area is 290 Å². The highest BCUT2D eigenvalue weighted by atomic mass is 79.9. The summed E-state index contributed by atoms with van der Waals surface area (Å²) in [4.78, 5) is 16.4. The molecule has 1 aromatic carbocycles. The molecule has 46 heavy (non-hydrogen) atoms. The van der Waals surface area contributed by atoms with E-state index in [1.54, 1.807) is 42.3 Å². The van der Waals surface area contributed by atoms with Crippen LogP contribution in [0.25, 0.3) is 0 Å². The van der Waals surface area contributed by atoms with Crippen molar-refractivity contribution in [3.8, 4) is 11.9 Å². The van der Waals surface area contributed by atoms with Crippen molar-refractivity contribution in [2.75, 3.05) is 78.4 Å². The molecule has 2 N–H and O–H groups in total. The molecule has 13 nitrogen and oxygen atoms in total. The van der Waals surface area contributed by atoms with Gasteiger partial charge in [-0.1, -0.05) is 18.0 Å². The number of hydrogen-bond acceptors (Lipinski definition) is 10. The number of hydrogen-bond donors (Lipinski definition) is 2. The average Bonchev–Trinajstić information content (AvgIpc) is 3.03. The SMILES string of the molecule is COCCOCCOCCOCCOC(=O)OC[n+]1ccc(NC(=NCCCCCCOc2ccc(Cl)cc2)NC#N)c(Br)c1.[Cl-]. The molecule has 0 bridgehead atoms. The first-order valence-corrected chi connectivity index (χ1v) is 15.7. The van der Waals surface area contributed by atoms with E-state index in [2.05, 4.69) is 31.6 Å². The van der Waals surface area contributed by atoms with E-state index in [4.69, 9.17) is 50.0 Å². The number of carbonyl (C=O) groups is 1. The summed E-state index contributed by atoms with van der Waals surface area (Å²) in [6, 6.07) is 9.08. The molecular formula is C30H42BrCl2N5O8. The second-order valence-electron chi connectivity index (χ2n) is 9.23. The van der Waals surface area contributed by atoms with Crippen LogP contribution >= 0.6 is 27.5 Å². The van der Waals surface area contributed by atoms with Gasteiger partial charge in [-0.05, 0) is 59.5 Å². The molecule has 0 atom stereocenters. The molecule has 0 fully saturated rings. The fraction of sp³-hybridized carbons (Fsp3) is 0.533. The van der Waals surface area contributed by atoms with Gasteiger partial charge in [0.2, 0.25) is 5.96 Å². The summed E-state index contributed by atoms with van der Waals surface area (Å²) in [6.45, 7) is 4.26. The number of methoxy groups -OCH3 is 1. The molecule has 1 heterocycles. The lowest BCUT2D eigenvalue weighted by molar-refractivity contribution is -0.728. The van der Waals surface area contributed by atoms with Gasteiger partial charge >= 0.3 is 6.16 Å². The number of nitriles is 1. The van der Waals surface area contributed by atoms with Crippen molar-refractivity contribution in [3.05, 3.63) is 52.2 Å². The lowest BCUT2D eigenvalue weighted by atomic mass is 10.2. The maximum Gasteiger partial charge on any atom is 0.513 e. The first-order valence-electron chi connectivity index (χ1n) is 14.6. The van der Waals surface area contributed by atoms with Crippen LogP contribution in [0, 0.1) is 11.5 Å². The van der Waals surface area contributed by atoms with Crippen molar-refractivity contribution in [2.24, 2.45) is 4.99 Å². The molecule has 256 valence electrons. The Hall–Kier alpha value is -2.90. The lowest BCUT2D eigenvalue weighted by Gasteiger charge is -2.10. The summed E-state index contributed by atoms with van der Waals surface area (Å²) in [5.74, 6) is 1.14. The molecule has 0 unspecified atom stereocenters. The van der Waals surface area contributed by atoms with Crippen LogP contribution in [0.1, 0.15) is 25.7 Å². The van der Waals surface area contributed by atoms with E-state index in [1.165, 1.54) is 0 Å². The first kappa shape index (κ1) is 41.1. The van der Waals surface area contributed by atoms with E-state index in [9.17, 15) is 4.79 Å². The Balaban J connectivity index is 0.0000106. The summed E-state index contributed by atoms with van der Waals surface area (Å²) < 4.78 is 39.1. The van der Waals surface area contributed by atoms with E-state index >= 15 is 0 Å². The van der Waals surface area contributed by atoms with Crippen molar-refractivity contribution in [1.29, 1.82) is 5.26 Å². The third-order valence-corrected chi connectivity index (χ3v) is 6.64. The van der Waals surface area contributed by atoms with E-state index in [0.717, 1.165) is 31.4 Å². The average molecular weight is 752 g/mol. The summed E-state index contributed by atoms with van der Waals surface area (Å²) in [6.07, 6.45) is 8.32. The van der Waals surface area contributed by atoms with Gasteiger partial charge in [-0.2, -0.15) is 9.83 Å². The predicted molar refractivity (Wildman–Crippen MR) is 171 cm³/mol. The molecule has 1 aromatic heterocycles. The minimum Gasteiger partial charge on any atom is -1.00 e. The fourth-order valence-corrected chi connectivity index (χ4v) is 4.12. The number of ether oxygens (including phenoxy) is 7. The molecule has 0 radical (unpaired) electrons. The van der Waals surface area contributed by atoms with Gasteiger partial charge in [0.1, 0.15) is 16.8 Å². The molecule has 2 rings (SSSR count). The third-order valence-electron chi connectivity index (χ3n) is 5.76. The number of anilines is 1. The van der Waals surface area contributed by atoms with E-state index in [-0.39, 0.29) is 32.4 Å². The summed E-state index contributed by atoms with van der Waals surface area (Å²) in [5, 5.41) is 15.5. The van der Waals surface area contributed by atoms with Crippen molar-refractivity contribution >= 4 is 45.3 Å². The zero-order chi connectivity index (χ0) is 32.4. The lowest BCUT2D eigenvalue weighted by Crippen LogP contribution is -3.00. The van der Waals surface area contributed by atoms with Gasteiger partial charge in [0.25, 0.3) is 6.73 Å². The number of guanidine groups is 1. The number of pyridine rings is 1. The molecule has 0 aliphatic heterocycles. The number of nitrogens with one attached hydrogen (secondary N) is 2. The van der Waals surface area contributed by atoms with Crippen LogP contribution in [0.5, 0.6) is 5.75 Å². The Kier molecular flexibility index (Phi) is 24.3. The van der Waals surface area contributed by atoms with Crippen LogP contribution in [0.15, 0.2) is 52.2 Å². The van der Waals surface area contributed by atoms with Crippen LogP contribution < -0.4 is 32.3 Å². The number of halogens is 3. The second-order valence-corrected chi connectivity index (χ2v) is 10.5. The second kappa shape index (κ2) is 27.2. The van der Waals surface area contributed by atoms with Gasteiger partial charge in [0.15, 0.2) is 18.6 Å². The van der Waals surface area contributed by atoms with Gasteiger partial charge in [0.05, 0.1) is 58.5 Å². The molecular weight excluding hydrogens is 709 g/mol. The van der Waals surface area contributed by atoms with Gasteiger partial charge in [0, 0.05) is 24.7 Å². The van der Waals surface area contributed by atoms with Crippen molar-refractivity contribution in [3.63, 3.8) is 0 Å². The zero-order valence-corrected chi connectivity index (χ0v) is 29.0. The third kappa shape index (κ3) is 20.3. The topological polar surface area (TPSA) is 146 Å². The number of unbranched alkanes of at least 4 members (excludes halogenated alkanes) is 3. The molecule has 0 aliphatic carbocycles. The van der Waals surface area contributed by atoms with Crippen LogP contribution in [-0.4, -0.2) is 85.2 Å². The molecule has 0 saturated carbocycles. The number of nitrogens with zero attached hydrogens (tertiary/aromatic N) is 3. The van der Waals surface area contributed by atoms with Gasteiger partial charge in [-0.15, -0.1) is 0 Å². The van der Waals surface area contributed by atoms with E-state index in [0.29, 0.717) is 73.9 Å². The van der Waals surface area contributed by atoms with Crippen molar-refractivity contribution in [2.45, 2.75) is 32.4 Å². The fourth-order valence-electron chi connectivity index (χ4n) is 3.50. The van der Waals surface area contributed by atoms with Gasteiger partial charge in [-0.25, -0.2) is 4.79 Å². The largest absolute Gasteiger partial charge is 1.00 e. The highest BCUT2D eigenvalue weighted by Crippen LogP contribution is 2.19. The van der Waals surface area contributed by atoms with Crippen LogP contribution in [0.2, 0.25) is 5.02 Å². The summed E-state index contributed by atoms with van der Waals surface area (Å²) in [7, 11) is 1.62. The van der Waals surface area contributed by atoms with E-state index < -0.39 is 6.16 Å². The Morgan fingerprint density at radius 1 is 0.913 bits per heavy atom. The monoisotopic (exact) mass is 749 g/mol. The first-order chi connectivity index (χ1) is 22.0. The Morgan fingerprint density at radius 2 is 1.57 bits per heavy atom. The quantitative estimate of drug-likeness (QED) is 0.0326. The van der Waals surface area contributed by atoms with Crippen molar-refractivity contribution in [1.82, 2.24) is 5.32 Å². The predicted octanol–water partition coefficient (Wildman–Crippen LogP) is 1.68. The number of rotatable bonds is 23. The molecule has 2 aromatic rings. The minimum atomic E-state index is -0.810. The van der Waals surface area contributed by atoms with E-state index in [1.807, 2.05) is 18.3 Å². The smallest absolute Gasteiger partial charge is 0.513 e. The summed E-state index contributed by atoms with van der Waals surface area (Å²) >= 11 is 9.37. The Bertz CT molecular complexity index is 1170. The van der Waals surface area contributed by atoms with Crippen LogP contribution in [0.3, 0.4) is 0 Å². The number of benzene rings is 1. The minimum absolute atomic E-state index is 0. The molecule has 0 spiro atoms. The standard InChI is InChI=1S/C30H41BrClN5O8.ClH/c1-39-14-15-40-16-17-41-18-19-42-20-21-44-30(38)45-24-37-12-10-28(27(31)22-37)36-29(35-23-33)34-11-4-2-3-5-13-43-26-8-6-25(32)7-9-26;/h6-10,12,22H,2-5,11,13-21,24H2,1H3,(H,34,35);1H. The number of aliphatic imine (C=N–C) groups is 1. The number of carbonyl (C=O) groups excluding carboxylic acids is 1. The molecule has 0 aliphatic rings.